The quantitative estimate of drug-likeness (QED) is 0.884. The van der Waals surface area contributed by atoms with Crippen LogP contribution in [-0.2, 0) is 6.42 Å². The number of aromatic nitrogens is 1. The van der Waals surface area contributed by atoms with E-state index in [4.69, 9.17) is 0 Å². The zero-order valence-corrected chi connectivity index (χ0v) is 11.3. The number of benzene rings is 1. The lowest BCUT2D eigenvalue weighted by atomic mass is 10.1. The van der Waals surface area contributed by atoms with E-state index in [0.717, 1.165) is 29.0 Å². The summed E-state index contributed by atoms with van der Waals surface area (Å²) in [4.78, 5) is 16.3. The van der Waals surface area contributed by atoms with Crippen LogP contribution in [0.3, 0.4) is 0 Å². The number of aryl methyl sites for hydroxylation is 1. The van der Waals surface area contributed by atoms with Gasteiger partial charge in [0.1, 0.15) is 11.4 Å². The molecule has 0 bridgehead atoms. The van der Waals surface area contributed by atoms with Crippen LogP contribution in [0, 0.1) is 6.92 Å². The Labute approximate surface area is 115 Å². The number of amides is 1. The maximum Gasteiger partial charge on any atom is 0.271 e. The summed E-state index contributed by atoms with van der Waals surface area (Å²) >= 11 is 1.47. The molecule has 0 unspecified atom stereocenters. The number of phenols is 1. The fourth-order valence-electron chi connectivity index (χ4n) is 2.48. The van der Waals surface area contributed by atoms with E-state index in [9.17, 15) is 9.90 Å². The molecular weight excluding hydrogens is 260 g/mol. The second-order valence-electron chi connectivity index (χ2n) is 4.66. The predicted molar refractivity (Wildman–Crippen MR) is 73.5 cm³/mol. The van der Waals surface area contributed by atoms with Crippen LogP contribution < -0.4 is 5.32 Å². The van der Waals surface area contributed by atoms with E-state index in [2.05, 4.69) is 10.3 Å². The van der Waals surface area contributed by atoms with Crippen molar-refractivity contribution in [1.82, 2.24) is 10.3 Å². The number of hydrogen-bond donors (Lipinski definition) is 2. The van der Waals surface area contributed by atoms with Gasteiger partial charge in [0.15, 0.2) is 0 Å². The summed E-state index contributed by atoms with van der Waals surface area (Å²) in [6, 6.07) is 5.43. The maximum atomic E-state index is 12.1. The predicted octanol–water partition coefficient (Wildman–Crippen LogP) is 2.57. The van der Waals surface area contributed by atoms with Gasteiger partial charge in [0.25, 0.3) is 5.91 Å². The first-order valence-electron chi connectivity index (χ1n) is 6.19. The molecule has 1 heterocycles. The molecule has 0 radical (unpaired) electrons. The number of carbonyl (C=O) groups excluding carboxylic acids is 1. The van der Waals surface area contributed by atoms with Gasteiger partial charge in [-0.3, -0.25) is 4.79 Å². The van der Waals surface area contributed by atoms with Crippen LogP contribution in [0.1, 0.15) is 39.1 Å². The summed E-state index contributed by atoms with van der Waals surface area (Å²) in [6.07, 6.45) is 1.62. The molecule has 0 fully saturated rings. The molecule has 2 aromatic rings. The molecule has 2 N–H and O–H groups in total. The highest BCUT2D eigenvalue weighted by Crippen LogP contribution is 2.36. The minimum atomic E-state index is -0.148. The summed E-state index contributed by atoms with van der Waals surface area (Å²) < 4.78 is 0. The zero-order chi connectivity index (χ0) is 13.4. The van der Waals surface area contributed by atoms with E-state index < -0.39 is 0 Å². The van der Waals surface area contributed by atoms with Crippen LogP contribution in [0.15, 0.2) is 23.6 Å². The van der Waals surface area contributed by atoms with Crippen molar-refractivity contribution < 1.29 is 9.90 Å². The van der Waals surface area contributed by atoms with Crippen molar-refractivity contribution in [3.05, 3.63) is 45.4 Å². The Kier molecular flexibility index (Phi) is 2.98. The Balaban J connectivity index is 1.80. The Morgan fingerprint density at radius 1 is 1.53 bits per heavy atom. The van der Waals surface area contributed by atoms with Crippen molar-refractivity contribution in [3.8, 4) is 5.75 Å². The van der Waals surface area contributed by atoms with Crippen LogP contribution in [0.25, 0.3) is 0 Å². The molecule has 5 heteroatoms. The van der Waals surface area contributed by atoms with Gasteiger partial charge in [0.05, 0.1) is 11.0 Å². The minimum Gasteiger partial charge on any atom is -0.508 e. The SMILES string of the molecule is Cc1nc(C(=O)N[C@H]2CCc3c(O)cccc32)cs1. The monoisotopic (exact) mass is 274 g/mol. The molecule has 1 aliphatic rings. The first-order chi connectivity index (χ1) is 9.15. The van der Waals surface area contributed by atoms with E-state index in [-0.39, 0.29) is 11.9 Å². The molecule has 1 atom stereocenters. The van der Waals surface area contributed by atoms with Crippen LogP contribution in [0.2, 0.25) is 0 Å². The lowest BCUT2D eigenvalue weighted by Crippen LogP contribution is -2.27. The summed E-state index contributed by atoms with van der Waals surface area (Å²) in [5.41, 5.74) is 2.43. The molecule has 0 saturated heterocycles. The fourth-order valence-corrected chi connectivity index (χ4v) is 3.08. The molecule has 3 rings (SSSR count). The van der Waals surface area contributed by atoms with E-state index in [1.807, 2.05) is 19.1 Å². The zero-order valence-electron chi connectivity index (χ0n) is 10.5. The Bertz CT molecular complexity index is 636. The standard InChI is InChI=1S/C14H14N2O2S/c1-8-15-12(7-19-8)14(18)16-11-6-5-10-9(11)3-2-4-13(10)17/h2-4,7,11,17H,5-6H2,1H3,(H,16,18)/t11-/m0/s1. The molecule has 98 valence electrons. The summed E-state index contributed by atoms with van der Waals surface area (Å²) in [5, 5.41) is 15.4. The molecule has 0 spiro atoms. The number of rotatable bonds is 2. The van der Waals surface area contributed by atoms with Crippen LogP contribution >= 0.6 is 11.3 Å². The summed E-state index contributed by atoms with van der Waals surface area (Å²) in [7, 11) is 0. The molecule has 0 saturated carbocycles. The number of fused-ring (bicyclic) bond motifs is 1. The van der Waals surface area contributed by atoms with Gasteiger partial charge >= 0.3 is 0 Å². The lowest BCUT2D eigenvalue weighted by molar-refractivity contribution is 0.0932. The summed E-state index contributed by atoms with van der Waals surface area (Å²) in [5.74, 6) is 0.171. The topological polar surface area (TPSA) is 62.2 Å². The Morgan fingerprint density at radius 2 is 2.37 bits per heavy atom. The molecule has 1 amide bonds. The average molecular weight is 274 g/mol. The number of thiazole rings is 1. The first-order valence-corrected chi connectivity index (χ1v) is 7.07. The number of hydrogen-bond acceptors (Lipinski definition) is 4. The van der Waals surface area contributed by atoms with Crippen molar-refractivity contribution >= 4 is 17.2 Å². The second-order valence-corrected chi connectivity index (χ2v) is 5.72. The number of carbonyl (C=O) groups is 1. The third-order valence-corrected chi connectivity index (χ3v) is 4.18. The molecule has 4 nitrogen and oxygen atoms in total. The van der Waals surface area contributed by atoms with Gasteiger partial charge in [0.2, 0.25) is 0 Å². The van der Waals surface area contributed by atoms with E-state index in [0.29, 0.717) is 11.4 Å². The van der Waals surface area contributed by atoms with Crippen LogP contribution in [0.5, 0.6) is 5.75 Å². The fraction of sp³-hybridized carbons (Fsp3) is 0.286. The van der Waals surface area contributed by atoms with Gasteiger partial charge in [-0.05, 0) is 37.0 Å². The maximum absolute atomic E-state index is 12.1. The van der Waals surface area contributed by atoms with Crippen LogP contribution in [-0.4, -0.2) is 16.0 Å². The number of nitrogens with one attached hydrogen (secondary N) is 1. The molecule has 0 aliphatic heterocycles. The van der Waals surface area contributed by atoms with E-state index >= 15 is 0 Å². The van der Waals surface area contributed by atoms with E-state index in [1.54, 1.807) is 11.4 Å². The largest absolute Gasteiger partial charge is 0.508 e. The highest BCUT2D eigenvalue weighted by molar-refractivity contribution is 7.09. The molecular formula is C14H14N2O2S. The minimum absolute atomic E-state index is 0.0309. The van der Waals surface area contributed by atoms with Crippen molar-refractivity contribution in [2.24, 2.45) is 0 Å². The smallest absolute Gasteiger partial charge is 0.271 e. The Morgan fingerprint density at radius 3 is 3.11 bits per heavy atom. The van der Waals surface area contributed by atoms with E-state index in [1.165, 1.54) is 11.3 Å². The molecule has 1 aromatic heterocycles. The van der Waals surface area contributed by atoms with Crippen molar-refractivity contribution in [2.75, 3.05) is 0 Å². The van der Waals surface area contributed by atoms with Crippen molar-refractivity contribution in [3.63, 3.8) is 0 Å². The third kappa shape index (κ3) is 2.21. The highest BCUT2D eigenvalue weighted by Gasteiger charge is 2.26. The lowest BCUT2D eigenvalue weighted by Gasteiger charge is -2.13. The normalized spacial score (nSPS) is 17.2. The number of nitrogens with zero attached hydrogens (tertiary/aromatic N) is 1. The van der Waals surface area contributed by atoms with Crippen molar-refractivity contribution in [1.29, 1.82) is 0 Å². The van der Waals surface area contributed by atoms with Crippen LogP contribution in [0.4, 0.5) is 0 Å². The van der Waals surface area contributed by atoms with Gasteiger partial charge < -0.3 is 10.4 Å². The second kappa shape index (κ2) is 4.66. The van der Waals surface area contributed by atoms with Gasteiger partial charge in [0, 0.05) is 5.38 Å². The Hall–Kier alpha value is -1.88. The van der Waals surface area contributed by atoms with Gasteiger partial charge in [-0.25, -0.2) is 4.98 Å². The highest BCUT2D eigenvalue weighted by atomic mass is 32.1. The molecule has 19 heavy (non-hydrogen) atoms. The number of phenolic OH excluding ortho intramolecular Hbond substituents is 1. The third-order valence-electron chi connectivity index (χ3n) is 3.40. The first kappa shape index (κ1) is 12.2. The van der Waals surface area contributed by atoms with Gasteiger partial charge in [-0.15, -0.1) is 11.3 Å². The average Bonchev–Trinajstić information content (AvgIpc) is 2.98. The van der Waals surface area contributed by atoms with Crippen molar-refractivity contribution in [2.45, 2.75) is 25.8 Å². The van der Waals surface area contributed by atoms with Gasteiger partial charge in [-0.1, -0.05) is 12.1 Å². The molecule has 1 aromatic carbocycles. The number of aromatic hydroxyl groups is 1. The van der Waals surface area contributed by atoms with Gasteiger partial charge in [-0.2, -0.15) is 0 Å². The summed E-state index contributed by atoms with van der Waals surface area (Å²) in [6.45, 7) is 1.88. The molecule has 1 aliphatic carbocycles.